The van der Waals surface area contributed by atoms with Gasteiger partial charge in [0.1, 0.15) is 5.84 Å². The quantitative estimate of drug-likeness (QED) is 0.135. The Bertz CT molecular complexity index is 546. The van der Waals surface area contributed by atoms with E-state index in [1.165, 1.54) is 12.6 Å². The number of amidine groups is 1. The van der Waals surface area contributed by atoms with Crippen molar-refractivity contribution < 1.29 is 9.47 Å². The second kappa shape index (κ2) is 27.1. The largest absolute Gasteiger partial charge is 0.403 e. The first-order valence-electron chi connectivity index (χ1n) is 12.3. The van der Waals surface area contributed by atoms with Crippen molar-refractivity contribution in [1.82, 2.24) is 5.32 Å². The summed E-state index contributed by atoms with van der Waals surface area (Å²) < 4.78 is 11.4. The van der Waals surface area contributed by atoms with Crippen molar-refractivity contribution in [2.75, 3.05) is 19.8 Å². The normalized spacial score (nSPS) is 13.7. The van der Waals surface area contributed by atoms with E-state index in [2.05, 4.69) is 42.1 Å². The lowest BCUT2D eigenvalue weighted by atomic mass is 10.1. The summed E-state index contributed by atoms with van der Waals surface area (Å²) >= 11 is 0. The molecular weight excluding hydrogens is 400 g/mol. The average molecular weight is 453 g/mol. The number of hydrogen-bond acceptors (Lipinski definition) is 5. The number of rotatable bonds is 14. The fourth-order valence-electron chi connectivity index (χ4n) is 2.17. The van der Waals surface area contributed by atoms with Crippen LogP contribution in [0.5, 0.6) is 0 Å². The van der Waals surface area contributed by atoms with Gasteiger partial charge in [0.25, 0.3) is 0 Å². The maximum absolute atomic E-state index is 5.70. The molecule has 0 heterocycles. The van der Waals surface area contributed by atoms with Crippen LogP contribution in [0.3, 0.4) is 0 Å². The summed E-state index contributed by atoms with van der Waals surface area (Å²) in [5.41, 5.74) is 7.29. The molecule has 0 rings (SSSR count). The Kier molecular flexibility index (Phi) is 29.4. The van der Waals surface area contributed by atoms with Crippen LogP contribution in [0.15, 0.2) is 45.8 Å². The maximum atomic E-state index is 5.70. The molecule has 0 fully saturated rings. The van der Waals surface area contributed by atoms with Gasteiger partial charge in [-0.1, -0.05) is 67.0 Å². The Hall–Kier alpha value is -1.92. The molecular formula is C26H52N4O2. The zero-order valence-electron chi connectivity index (χ0n) is 22.6. The Morgan fingerprint density at radius 1 is 1.03 bits per heavy atom. The molecule has 0 bridgehead atoms. The van der Waals surface area contributed by atoms with Crippen molar-refractivity contribution in [1.29, 1.82) is 0 Å². The predicted octanol–water partition coefficient (Wildman–Crippen LogP) is 6.60. The van der Waals surface area contributed by atoms with Gasteiger partial charge in [0.2, 0.25) is 0 Å². The van der Waals surface area contributed by atoms with Gasteiger partial charge < -0.3 is 20.5 Å². The third kappa shape index (κ3) is 20.0. The predicted molar refractivity (Wildman–Crippen MR) is 143 cm³/mol. The van der Waals surface area contributed by atoms with Gasteiger partial charge in [-0.15, -0.1) is 0 Å². The van der Waals surface area contributed by atoms with Gasteiger partial charge >= 0.3 is 0 Å². The van der Waals surface area contributed by atoms with E-state index in [-0.39, 0.29) is 0 Å². The molecule has 0 radical (unpaired) electrons. The van der Waals surface area contributed by atoms with E-state index in [4.69, 9.17) is 15.2 Å². The van der Waals surface area contributed by atoms with E-state index in [1.807, 2.05) is 54.5 Å². The third-order valence-corrected chi connectivity index (χ3v) is 4.04. The highest BCUT2D eigenvalue weighted by Crippen LogP contribution is 2.12. The van der Waals surface area contributed by atoms with E-state index in [1.54, 1.807) is 12.4 Å². The topological polar surface area (TPSA) is 81.2 Å². The van der Waals surface area contributed by atoms with Crippen molar-refractivity contribution in [3.05, 3.63) is 35.8 Å². The molecule has 1 unspecified atom stereocenters. The summed E-state index contributed by atoms with van der Waals surface area (Å²) in [7, 11) is 0. The average Bonchev–Trinajstić information content (AvgIpc) is 2.83. The molecule has 1 atom stereocenters. The number of nitrogens with two attached hydrogens (primary N) is 1. The minimum absolute atomic E-state index is 0.430. The standard InChI is InChI=1S/C22H40N4O2.2C2H6/c1-7-11-12-20(22(27-9-3)28-10-4)16-25-19(6)26-21(15-23)17-24-14-13-18(5)8-2;2*1-2/h11-12,15-18,22H,7-10,13-14,23H2,1-6H3,(H,25,26);2*1-2H3/b12-11+,20-16+,21-15+,24-17?;;. The molecule has 0 aromatic rings. The van der Waals surface area contributed by atoms with Crippen LogP contribution < -0.4 is 11.1 Å². The molecule has 188 valence electrons. The first-order valence-corrected chi connectivity index (χ1v) is 12.3. The highest BCUT2D eigenvalue weighted by molar-refractivity contribution is 5.89. The highest BCUT2D eigenvalue weighted by atomic mass is 16.7. The van der Waals surface area contributed by atoms with Gasteiger partial charge in [-0.05, 0) is 39.5 Å². The Morgan fingerprint density at radius 2 is 1.62 bits per heavy atom. The maximum Gasteiger partial charge on any atom is 0.185 e. The molecule has 0 aliphatic carbocycles. The zero-order valence-corrected chi connectivity index (χ0v) is 22.6. The van der Waals surface area contributed by atoms with E-state index in [9.17, 15) is 0 Å². The third-order valence-electron chi connectivity index (χ3n) is 4.04. The van der Waals surface area contributed by atoms with Crippen LogP contribution in [0.4, 0.5) is 0 Å². The fourth-order valence-corrected chi connectivity index (χ4v) is 2.17. The van der Waals surface area contributed by atoms with Crippen LogP contribution >= 0.6 is 0 Å². The van der Waals surface area contributed by atoms with Crippen LogP contribution in [-0.2, 0) is 9.47 Å². The number of nitrogens with one attached hydrogen (secondary N) is 1. The van der Waals surface area contributed by atoms with Crippen molar-refractivity contribution >= 4 is 12.1 Å². The second-order valence-electron chi connectivity index (χ2n) is 6.48. The monoisotopic (exact) mass is 452 g/mol. The molecule has 0 aromatic carbocycles. The molecule has 32 heavy (non-hydrogen) atoms. The summed E-state index contributed by atoms with van der Waals surface area (Å²) in [6.07, 6.45) is 11.8. The lowest BCUT2D eigenvalue weighted by Gasteiger charge is -2.17. The lowest BCUT2D eigenvalue weighted by molar-refractivity contribution is -0.109. The van der Waals surface area contributed by atoms with Crippen LogP contribution in [0.1, 0.15) is 88.5 Å². The van der Waals surface area contributed by atoms with Gasteiger partial charge in [0.15, 0.2) is 6.29 Å². The number of aliphatic imine (C=N–C) groups is 2. The summed E-state index contributed by atoms with van der Waals surface area (Å²) in [6, 6.07) is 0. The fraction of sp³-hybridized carbons (Fsp3) is 0.692. The smallest absolute Gasteiger partial charge is 0.185 e. The van der Waals surface area contributed by atoms with Crippen molar-refractivity contribution in [3.63, 3.8) is 0 Å². The molecule has 6 nitrogen and oxygen atoms in total. The highest BCUT2D eigenvalue weighted by Gasteiger charge is 2.12. The van der Waals surface area contributed by atoms with E-state index in [0.717, 1.165) is 30.7 Å². The number of nitrogens with zero attached hydrogens (tertiary/aromatic N) is 2. The first-order chi connectivity index (χ1) is 15.5. The van der Waals surface area contributed by atoms with Gasteiger partial charge in [0.05, 0.1) is 5.70 Å². The number of ether oxygens (including phenoxy) is 2. The van der Waals surface area contributed by atoms with Crippen molar-refractivity contribution in [2.24, 2.45) is 21.6 Å². The van der Waals surface area contributed by atoms with Crippen molar-refractivity contribution in [2.45, 2.75) is 94.8 Å². The molecule has 6 heteroatoms. The van der Waals surface area contributed by atoms with Crippen molar-refractivity contribution in [3.8, 4) is 0 Å². The Morgan fingerprint density at radius 3 is 2.09 bits per heavy atom. The van der Waals surface area contributed by atoms with Crippen LogP contribution in [-0.4, -0.2) is 38.1 Å². The van der Waals surface area contributed by atoms with Gasteiger partial charge in [-0.2, -0.15) is 0 Å². The minimum atomic E-state index is -0.430. The summed E-state index contributed by atoms with van der Waals surface area (Å²) in [4.78, 5) is 8.93. The van der Waals surface area contributed by atoms with Gasteiger partial charge in [-0.3, -0.25) is 4.99 Å². The Labute approximate surface area is 199 Å². The minimum Gasteiger partial charge on any atom is -0.403 e. The molecule has 0 saturated heterocycles. The summed E-state index contributed by atoms with van der Waals surface area (Å²) in [5.74, 6) is 1.39. The molecule has 3 N–H and O–H groups in total. The first kappa shape index (κ1) is 34.7. The second-order valence-corrected chi connectivity index (χ2v) is 6.48. The molecule has 0 spiro atoms. The van der Waals surface area contributed by atoms with Gasteiger partial charge in [-0.25, -0.2) is 4.99 Å². The van der Waals surface area contributed by atoms with Gasteiger partial charge in [0, 0.05) is 43.9 Å². The zero-order chi connectivity index (χ0) is 25.2. The Balaban J connectivity index is -0.00000198. The lowest BCUT2D eigenvalue weighted by Crippen LogP contribution is -2.22. The molecule has 0 amide bonds. The molecule has 0 aliphatic heterocycles. The van der Waals surface area contributed by atoms with Crippen LogP contribution in [0, 0.1) is 5.92 Å². The molecule has 0 aromatic heterocycles. The molecule has 0 aliphatic rings. The summed E-state index contributed by atoms with van der Waals surface area (Å²) in [6.45, 7) is 22.2. The van der Waals surface area contributed by atoms with E-state index in [0.29, 0.717) is 25.0 Å². The summed E-state index contributed by atoms with van der Waals surface area (Å²) in [5, 5.41) is 3.17. The van der Waals surface area contributed by atoms with Crippen LogP contribution in [0.25, 0.3) is 0 Å². The van der Waals surface area contributed by atoms with E-state index < -0.39 is 6.29 Å². The number of hydrogen-bond donors (Lipinski definition) is 2. The molecule has 0 saturated carbocycles. The van der Waals surface area contributed by atoms with Crippen LogP contribution in [0.2, 0.25) is 0 Å². The number of allylic oxidation sites excluding steroid dienone is 2. The van der Waals surface area contributed by atoms with E-state index >= 15 is 0 Å². The SMILES string of the molecule is CC.CC.CC/C=C/C(=C\N=C(C)N/C(C=NCCC(C)CC)=C/N)C(OCC)OCC.